The zero-order chi connectivity index (χ0) is 25.9. The summed E-state index contributed by atoms with van der Waals surface area (Å²) in [7, 11) is 1.47. The van der Waals surface area contributed by atoms with Crippen molar-refractivity contribution in [1.82, 2.24) is 29.4 Å². The second-order valence-electron chi connectivity index (χ2n) is 10.5. The summed E-state index contributed by atoms with van der Waals surface area (Å²) in [5, 5.41) is 20.2. The van der Waals surface area contributed by atoms with Crippen LogP contribution in [0.5, 0.6) is 5.75 Å². The zero-order valence-corrected chi connectivity index (χ0v) is 21.5. The van der Waals surface area contributed by atoms with Crippen molar-refractivity contribution in [2.24, 2.45) is 5.92 Å². The van der Waals surface area contributed by atoms with Crippen LogP contribution in [0.25, 0.3) is 16.6 Å². The van der Waals surface area contributed by atoms with Crippen LogP contribution in [0.2, 0.25) is 0 Å². The molecule has 192 valence electrons. The van der Waals surface area contributed by atoms with Crippen LogP contribution in [-0.2, 0) is 5.54 Å². The number of hydrogen-bond acceptors (Lipinski definition) is 8. The minimum Gasteiger partial charge on any atom is -0.494 e. The first-order valence-electron chi connectivity index (χ1n) is 12.2. The summed E-state index contributed by atoms with van der Waals surface area (Å²) in [5.41, 5.74) is 8.53. The number of aliphatic hydroxyl groups is 1. The van der Waals surface area contributed by atoms with Crippen LogP contribution in [0.4, 0.5) is 16.0 Å². The Hall–Kier alpha value is -3.47. The Kier molecular flexibility index (Phi) is 5.77. The Balaban J connectivity index is 1.54. The van der Waals surface area contributed by atoms with Crippen LogP contribution in [0.15, 0.2) is 18.3 Å². The molecular formula is C25H33FN8O2. The molecule has 0 amide bonds. The fourth-order valence-electron chi connectivity index (χ4n) is 5.00. The number of rotatable bonds is 5. The van der Waals surface area contributed by atoms with Gasteiger partial charge in [0.1, 0.15) is 17.1 Å². The highest BCUT2D eigenvalue weighted by Gasteiger charge is 2.33. The lowest BCUT2D eigenvalue weighted by atomic mass is 9.89. The second kappa shape index (κ2) is 8.58. The molecule has 1 fully saturated rings. The summed E-state index contributed by atoms with van der Waals surface area (Å²) in [5.74, 6) is 1.08. The molecule has 0 bridgehead atoms. The van der Waals surface area contributed by atoms with Gasteiger partial charge in [0, 0.05) is 31.3 Å². The highest BCUT2D eigenvalue weighted by Crippen LogP contribution is 2.35. The predicted molar refractivity (Wildman–Crippen MR) is 136 cm³/mol. The molecule has 1 aromatic carbocycles. The van der Waals surface area contributed by atoms with Crippen molar-refractivity contribution in [2.75, 3.05) is 30.8 Å². The summed E-state index contributed by atoms with van der Waals surface area (Å²) in [6.45, 7) is 11.5. The maximum Gasteiger partial charge on any atom is 0.223 e. The highest BCUT2D eigenvalue weighted by atomic mass is 19.1. The van der Waals surface area contributed by atoms with Gasteiger partial charge in [0.25, 0.3) is 0 Å². The van der Waals surface area contributed by atoms with E-state index < -0.39 is 17.5 Å². The van der Waals surface area contributed by atoms with Crippen LogP contribution < -0.4 is 15.4 Å². The Morgan fingerprint density at radius 1 is 1.22 bits per heavy atom. The minimum atomic E-state index is -0.558. The van der Waals surface area contributed by atoms with E-state index >= 15 is 0 Å². The molecule has 10 nitrogen and oxygen atoms in total. The Morgan fingerprint density at radius 2 is 1.97 bits per heavy atom. The van der Waals surface area contributed by atoms with Crippen molar-refractivity contribution in [3.63, 3.8) is 0 Å². The maximum atomic E-state index is 14.3. The topological polar surface area (TPSA) is 120 Å². The van der Waals surface area contributed by atoms with Crippen molar-refractivity contribution >= 4 is 28.2 Å². The molecule has 0 radical (unpaired) electrons. The van der Waals surface area contributed by atoms with Gasteiger partial charge in [0.05, 0.1) is 35.5 Å². The van der Waals surface area contributed by atoms with Crippen molar-refractivity contribution < 1.29 is 14.2 Å². The van der Waals surface area contributed by atoms with Gasteiger partial charge in [0.2, 0.25) is 5.95 Å². The number of halogens is 1. The summed E-state index contributed by atoms with van der Waals surface area (Å²) in [4.78, 5) is 11.5. The summed E-state index contributed by atoms with van der Waals surface area (Å²) in [6, 6.07) is 2.67. The van der Waals surface area contributed by atoms with Gasteiger partial charge in [-0.25, -0.2) is 14.4 Å². The van der Waals surface area contributed by atoms with Crippen LogP contribution in [0, 0.1) is 18.7 Å². The van der Waals surface area contributed by atoms with E-state index in [1.54, 1.807) is 6.92 Å². The van der Waals surface area contributed by atoms with Gasteiger partial charge in [-0.3, -0.25) is 4.68 Å². The fraction of sp³-hybridized carbons (Fsp3) is 0.520. The van der Waals surface area contributed by atoms with Crippen LogP contribution >= 0.6 is 0 Å². The van der Waals surface area contributed by atoms with Gasteiger partial charge in [-0.15, -0.1) is 5.10 Å². The van der Waals surface area contributed by atoms with E-state index in [9.17, 15) is 9.50 Å². The normalized spacial score (nSPS) is 19.8. The van der Waals surface area contributed by atoms with Crippen molar-refractivity contribution in [3.05, 3.63) is 35.7 Å². The van der Waals surface area contributed by atoms with Crippen LogP contribution in [0.1, 0.15) is 51.6 Å². The summed E-state index contributed by atoms with van der Waals surface area (Å²) < 4.78 is 23.0. The molecule has 4 heterocycles. The molecule has 0 unspecified atom stereocenters. The van der Waals surface area contributed by atoms with E-state index in [0.29, 0.717) is 40.6 Å². The predicted octanol–water partition coefficient (Wildman–Crippen LogP) is 3.26. The molecule has 36 heavy (non-hydrogen) atoms. The lowest BCUT2D eigenvalue weighted by Gasteiger charge is -2.36. The molecule has 1 aliphatic rings. The van der Waals surface area contributed by atoms with Crippen molar-refractivity contribution in [3.8, 4) is 5.75 Å². The lowest BCUT2D eigenvalue weighted by Crippen LogP contribution is -2.39. The number of aromatic nitrogens is 6. The van der Waals surface area contributed by atoms with Gasteiger partial charge in [-0.2, -0.15) is 9.61 Å². The molecule has 1 saturated heterocycles. The summed E-state index contributed by atoms with van der Waals surface area (Å²) >= 11 is 0. The molecule has 3 aromatic heterocycles. The van der Waals surface area contributed by atoms with E-state index in [4.69, 9.17) is 25.7 Å². The number of ether oxygens (including phenoxy) is 1. The Labute approximate surface area is 208 Å². The van der Waals surface area contributed by atoms with Crippen LogP contribution in [0.3, 0.4) is 0 Å². The Morgan fingerprint density at radius 3 is 2.67 bits per heavy atom. The molecular weight excluding hydrogens is 463 g/mol. The van der Waals surface area contributed by atoms with E-state index in [-0.39, 0.29) is 11.9 Å². The number of hydrogen-bond donors (Lipinski definition) is 2. The number of benzene rings is 1. The average molecular weight is 497 g/mol. The number of aryl methyl sites for hydroxylation is 1. The average Bonchev–Trinajstić information content (AvgIpc) is 3.44. The molecule has 3 atom stereocenters. The third kappa shape index (κ3) is 3.91. The third-order valence-electron chi connectivity index (χ3n) is 7.42. The highest BCUT2D eigenvalue weighted by molar-refractivity contribution is 5.95. The number of anilines is 2. The number of aliphatic hydroxyl groups excluding tert-OH is 1. The number of methoxy groups -OCH3 is 1. The van der Waals surface area contributed by atoms with E-state index in [1.807, 2.05) is 31.6 Å². The molecule has 1 aliphatic heterocycles. The molecule has 0 aliphatic carbocycles. The van der Waals surface area contributed by atoms with Gasteiger partial charge in [-0.05, 0) is 46.1 Å². The van der Waals surface area contributed by atoms with E-state index in [0.717, 1.165) is 24.3 Å². The molecule has 4 aromatic rings. The van der Waals surface area contributed by atoms with E-state index in [1.165, 1.54) is 23.8 Å². The first-order chi connectivity index (χ1) is 17.0. The van der Waals surface area contributed by atoms with Crippen molar-refractivity contribution in [2.45, 2.75) is 58.6 Å². The summed E-state index contributed by atoms with van der Waals surface area (Å²) in [6.07, 6.45) is 2.36. The Bertz CT molecular complexity index is 1440. The van der Waals surface area contributed by atoms with Crippen LogP contribution in [-0.4, -0.2) is 60.8 Å². The smallest absolute Gasteiger partial charge is 0.223 e. The number of nitrogens with two attached hydrogens (primary N) is 1. The standard InChI is InChI=1S/C25H33FN8O2/c1-13-7-16(11-32(10-13)19-12-33(30-14(19)2)25(4,5)15(3)35)22-29-23-18-8-17(26)9-20(36-6)21(18)28-24(27)34(23)31-22/h8-9,12-13,15-16,35H,7,10-11H2,1-6H3,(H2,27,28)/t13-,15+,16+/m1/s1. The zero-order valence-electron chi connectivity index (χ0n) is 21.5. The molecule has 11 heteroatoms. The SMILES string of the molecule is COc1cc(F)cc2c1nc(N)n1nc([C@H]3C[C@@H](C)CN(c4cn(C(C)(C)[C@H](C)O)nc4C)C3)nc21. The molecule has 0 spiro atoms. The first-order valence-corrected chi connectivity index (χ1v) is 12.2. The second-order valence-corrected chi connectivity index (χ2v) is 10.5. The largest absolute Gasteiger partial charge is 0.494 e. The number of nitrogens with zero attached hydrogens (tertiary/aromatic N) is 7. The first kappa shape index (κ1) is 24.2. The maximum absolute atomic E-state index is 14.3. The number of piperidine rings is 1. The fourth-order valence-corrected chi connectivity index (χ4v) is 5.00. The number of nitrogen functional groups attached to an aromatic ring is 1. The van der Waals surface area contributed by atoms with Gasteiger partial charge < -0.3 is 20.5 Å². The quantitative estimate of drug-likeness (QED) is 0.432. The van der Waals surface area contributed by atoms with Gasteiger partial charge in [-0.1, -0.05) is 6.92 Å². The molecule has 5 rings (SSSR count). The van der Waals surface area contributed by atoms with E-state index in [2.05, 4.69) is 16.8 Å². The van der Waals surface area contributed by atoms with Gasteiger partial charge >= 0.3 is 0 Å². The minimum absolute atomic E-state index is 0.0334. The monoisotopic (exact) mass is 496 g/mol. The lowest BCUT2D eigenvalue weighted by molar-refractivity contribution is 0.0645. The molecule has 0 saturated carbocycles. The third-order valence-corrected chi connectivity index (χ3v) is 7.42. The molecule has 3 N–H and O–H groups in total. The van der Waals surface area contributed by atoms with Crippen molar-refractivity contribution in [1.29, 1.82) is 0 Å². The number of fused-ring (bicyclic) bond motifs is 3. The van der Waals surface area contributed by atoms with Gasteiger partial charge in [0.15, 0.2) is 11.5 Å².